The molecule has 0 spiro atoms. The minimum atomic E-state index is 0.495. The fourth-order valence-electron chi connectivity index (χ4n) is 0.447. The van der Waals surface area contributed by atoms with Crippen LogP contribution in [-0.4, -0.2) is 19.0 Å². The van der Waals surface area contributed by atoms with Crippen molar-refractivity contribution in [3.05, 3.63) is 11.6 Å². The molecule has 2 nitrogen and oxygen atoms in total. The summed E-state index contributed by atoms with van der Waals surface area (Å²) >= 11 is 0. The quantitative estimate of drug-likeness (QED) is 0.403. The number of carbonyl (C=O) groups excluding carboxylic acids is 1. The van der Waals surface area contributed by atoms with E-state index in [9.17, 15) is 4.79 Å². The van der Waals surface area contributed by atoms with Crippen molar-refractivity contribution in [2.45, 2.75) is 13.8 Å². The van der Waals surface area contributed by atoms with E-state index in [1.165, 1.54) is 0 Å². The van der Waals surface area contributed by atoms with Crippen molar-refractivity contribution in [2.75, 3.05) is 7.05 Å². The predicted octanol–water partition coefficient (Wildman–Crippen LogP) is 1.22. The lowest BCUT2D eigenvalue weighted by molar-refractivity contribution is -0.102. The molecule has 0 aromatic carbocycles. The Labute approximate surface area is 55.3 Å². The molecule has 50 valence electrons. The fraction of sp³-hybridized carbons (Fsp3) is 0.429. The molecule has 0 aromatic rings. The smallest absolute Gasteiger partial charge is 0.167 e. The van der Waals surface area contributed by atoms with E-state index in [4.69, 9.17) is 0 Å². The Morgan fingerprint density at radius 2 is 2.00 bits per heavy atom. The number of nitrogens with zero attached hydrogens (tertiary/aromatic N) is 1. The van der Waals surface area contributed by atoms with Gasteiger partial charge in [-0.2, -0.15) is 0 Å². The maximum atomic E-state index is 10.1. The Kier molecular flexibility index (Phi) is 3.60. The number of hydrogen-bond donors (Lipinski definition) is 0. The first-order chi connectivity index (χ1) is 4.20. The first-order valence-corrected chi connectivity index (χ1v) is 2.77. The highest BCUT2D eigenvalue weighted by atomic mass is 16.1. The average Bonchev–Trinajstić information content (AvgIpc) is 1.82. The van der Waals surface area contributed by atoms with Crippen molar-refractivity contribution < 1.29 is 4.79 Å². The van der Waals surface area contributed by atoms with Gasteiger partial charge in [0.15, 0.2) is 6.29 Å². The highest BCUT2D eigenvalue weighted by molar-refractivity contribution is 6.33. The van der Waals surface area contributed by atoms with Crippen LogP contribution in [0.3, 0.4) is 0 Å². The van der Waals surface area contributed by atoms with Gasteiger partial charge in [0, 0.05) is 7.05 Å². The third-order valence-electron chi connectivity index (χ3n) is 0.816. The van der Waals surface area contributed by atoms with Crippen LogP contribution in [0.25, 0.3) is 0 Å². The number of rotatable bonds is 2. The van der Waals surface area contributed by atoms with Gasteiger partial charge >= 0.3 is 0 Å². The highest BCUT2D eigenvalue weighted by Crippen LogP contribution is 1.88. The Balaban J connectivity index is 4.18. The lowest BCUT2D eigenvalue weighted by atomic mass is 10.2. The maximum Gasteiger partial charge on any atom is 0.167 e. The molecule has 9 heavy (non-hydrogen) atoms. The molecule has 0 bridgehead atoms. The fourth-order valence-corrected chi connectivity index (χ4v) is 0.447. The lowest BCUT2D eigenvalue weighted by Crippen LogP contribution is -1.93. The molecule has 0 radical (unpaired) electrons. The van der Waals surface area contributed by atoms with E-state index >= 15 is 0 Å². The van der Waals surface area contributed by atoms with E-state index in [0.717, 1.165) is 11.9 Å². The second-order valence-corrected chi connectivity index (χ2v) is 1.99. The van der Waals surface area contributed by atoms with Gasteiger partial charge in [-0.05, 0) is 19.9 Å². The van der Waals surface area contributed by atoms with E-state index in [0.29, 0.717) is 5.71 Å². The van der Waals surface area contributed by atoms with Crippen molar-refractivity contribution in [1.82, 2.24) is 0 Å². The van der Waals surface area contributed by atoms with E-state index in [1.54, 1.807) is 13.1 Å². The molecule has 0 saturated carbocycles. The second kappa shape index (κ2) is 4.01. The van der Waals surface area contributed by atoms with Crippen LogP contribution in [0.2, 0.25) is 0 Å². The second-order valence-electron chi connectivity index (χ2n) is 1.99. The van der Waals surface area contributed by atoms with Crippen LogP contribution in [0.5, 0.6) is 0 Å². The molecule has 0 aliphatic carbocycles. The summed E-state index contributed by atoms with van der Waals surface area (Å²) in [6.07, 6.45) is 2.49. The topological polar surface area (TPSA) is 29.4 Å². The third-order valence-corrected chi connectivity index (χ3v) is 0.816. The summed E-state index contributed by atoms with van der Waals surface area (Å²) in [4.78, 5) is 13.8. The number of aliphatic imine (C=N–C) groups is 1. The molecule has 0 atom stereocenters. The molecule has 0 heterocycles. The summed E-state index contributed by atoms with van der Waals surface area (Å²) in [5.74, 6) is 0. The van der Waals surface area contributed by atoms with Crippen LogP contribution in [0.15, 0.2) is 16.6 Å². The maximum absolute atomic E-state index is 10.1. The number of carbonyl (C=O) groups is 1. The standard InChI is InChI=1S/C7H11NO/c1-6(2)4-7(5-9)8-3/h4-5H,1-3H3/b8-7+. The summed E-state index contributed by atoms with van der Waals surface area (Å²) in [6.45, 7) is 3.85. The molecule has 0 saturated heterocycles. The monoisotopic (exact) mass is 125 g/mol. The molecule has 0 aliphatic heterocycles. The Bertz CT molecular complexity index is 152. The van der Waals surface area contributed by atoms with Crippen molar-refractivity contribution in [3.63, 3.8) is 0 Å². The molecule has 0 rings (SSSR count). The van der Waals surface area contributed by atoms with Crippen molar-refractivity contribution in [1.29, 1.82) is 0 Å². The minimum Gasteiger partial charge on any atom is -0.296 e. The average molecular weight is 125 g/mol. The van der Waals surface area contributed by atoms with Crippen LogP contribution < -0.4 is 0 Å². The van der Waals surface area contributed by atoms with Crippen molar-refractivity contribution in [3.8, 4) is 0 Å². The zero-order chi connectivity index (χ0) is 7.28. The summed E-state index contributed by atoms with van der Waals surface area (Å²) in [5.41, 5.74) is 1.58. The Morgan fingerprint density at radius 3 is 2.11 bits per heavy atom. The van der Waals surface area contributed by atoms with Gasteiger partial charge < -0.3 is 0 Å². The summed E-state index contributed by atoms with van der Waals surface area (Å²) in [6, 6.07) is 0. The zero-order valence-corrected chi connectivity index (χ0v) is 6.01. The van der Waals surface area contributed by atoms with Gasteiger partial charge in [0.25, 0.3) is 0 Å². The third kappa shape index (κ3) is 3.64. The predicted molar refractivity (Wildman–Crippen MR) is 38.9 cm³/mol. The van der Waals surface area contributed by atoms with E-state index in [1.807, 2.05) is 13.8 Å². The highest BCUT2D eigenvalue weighted by Gasteiger charge is 1.86. The lowest BCUT2D eigenvalue weighted by Gasteiger charge is -1.86. The summed E-state index contributed by atoms with van der Waals surface area (Å²) in [5, 5.41) is 0. The normalized spacial score (nSPS) is 10.8. The van der Waals surface area contributed by atoms with Gasteiger partial charge in [0.1, 0.15) is 0 Å². The van der Waals surface area contributed by atoms with Gasteiger partial charge in [0.05, 0.1) is 5.71 Å². The van der Waals surface area contributed by atoms with E-state index < -0.39 is 0 Å². The van der Waals surface area contributed by atoms with Gasteiger partial charge in [-0.3, -0.25) is 9.79 Å². The van der Waals surface area contributed by atoms with Gasteiger partial charge in [-0.15, -0.1) is 0 Å². The summed E-state index contributed by atoms with van der Waals surface area (Å²) in [7, 11) is 1.60. The van der Waals surface area contributed by atoms with Crippen LogP contribution in [0.4, 0.5) is 0 Å². The molecule has 0 aromatic heterocycles. The molecule has 0 aliphatic rings. The Hall–Kier alpha value is -0.920. The molecular weight excluding hydrogens is 114 g/mol. The van der Waals surface area contributed by atoms with Gasteiger partial charge in [-0.1, -0.05) is 5.57 Å². The Morgan fingerprint density at radius 1 is 1.44 bits per heavy atom. The molecule has 0 fully saturated rings. The molecule has 0 N–H and O–H groups in total. The van der Waals surface area contributed by atoms with Crippen LogP contribution in [0, 0.1) is 0 Å². The first kappa shape index (κ1) is 8.08. The number of aldehydes is 1. The van der Waals surface area contributed by atoms with Crippen molar-refractivity contribution in [2.24, 2.45) is 4.99 Å². The molecular formula is C7H11NO. The number of hydrogen-bond acceptors (Lipinski definition) is 2. The van der Waals surface area contributed by atoms with E-state index in [-0.39, 0.29) is 0 Å². The van der Waals surface area contributed by atoms with Crippen LogP contribution in [0.1, 0.15) is 13.8 Å². The SMILES string of the molecule is C/N=C(/C=O)C=C(C)C. The van der Waals surface area contributed by atoms with E-state index in [2.05, 4.69) is 4.99 Å². The molecule has 0 unspecified atom stereocenters. The number of allylic oxidation sites excluding steroid dienone is 2. The largest absolute Gasteiger partial charge is 0.296 e. The summed E-state index contributed by atoms with van der Waals surface area (Å²) < 4.78 is 0. The van der Waals surface area contributed by atoms with Gasteiger partial charge in [0.2, 0.25) is 0 Å². The first-order valence-electron chi connectivity index (χ1n) is 2.77. The van der Waals surface area contributed by atoms with Crippen LogP contribution >= 0.6 is 0 Å². The minimum absolute atomic E-state index is 0.495. The molecule has 2 heteroatoms. The molecule has 0 amide bonds. The van der Waals surface area contributed by atoms with Crippen molar-refractivity contribution >= 4 is 12.0 Å². The van der Waals surface area contributed by atoms with Crippen LogP contribution in [-0.2, 0) is 4.79 Å². The zero-order valence-electron chi connectivity index (χ0n) is 6.01. The van der Waals surface area contributed by atoms with Gasteiger partial charge in [-0.25, -0.2) is 0 Å².